The topological polar surface area (TPSA) is 84.9 Å². The third kappa shape index (κ3) is 6.66. The number of sulfonamides is 1. The van der Waals surface area contributed by atoms with E-state index in [1.807, 2.05) is 39.0 Å². The number of benzene rings is 2. The monoisotopic (exact) mass is 434 g/mol. The van der Waals surface area contributed by atoms with Gasteiger partial charge in [0.25, 0.3) is 5.91 Å². The van der Waals surface area contributed by atoms with Crippen molar-refractivity contribution >= 4 is 21.6 Å². The Morgan fingerprint density at radius 1 is 1.13 bits per heavy atom. The molecule has 0 radical (unpaired) electrons. The molecule has 0 spiro atoms. The molecule has 30 heavy (non-hydrogen) atoms. The lowest BCUT2D eigenvalue weighted by Gasteiger charge is -2.19. The Hall–Kier alpha value is -2.74. The fraction of sp³-hybridized carbons (Fsp3) is 0.409. The van der Waals surface area contributed by atoms with Gasteiger partial charge in [-0.15, -0.1) is 0 Å². The molecule has 7 nitrogen and oxygen atoms in total. The van der Waals surface area contributed by atoms with Crippen LogP contribution in [-0.4, -0.2) is 46.9 Å². The first-order valence-electron chi connectivity index (χ1n) is 9.80. The largest absolute Gasteiger partial charge is 0.491 e. The van der Waals surface area contributed by atoms with Crippen LogP contribution in [0.5, 0.6) is 11.5 Å². The molecule has 0 aliphatic heterocycles. The first-order chi connectivity index (χ1) is 14.1. The molecule has 0 unspecified atom stereocenters. The first-order valence-corrected chi connectivity index (χ1v) is 11.6. The highest BCUT2D eigenvalue weighted by Crippen LogP contribution is 2.22. The van der Waals surface area contributed by atoms with Gasteiger partial charge in [-0.2, -0.15) is 0 Å². The maximum atomic E-state index is 12.4. The Labute approximate surface area is 179 Å². The fourth-order valence-corrected chi connectivity index (χ4v) is 3.23. The highest BCUT2D eigenvalue weighted by molar-refractivity contribution is 7.92. The van der Waals surface area contributed by atoms with E-state index in [0.717, 1.165) is 23.1 Å². The number of ether oxygens (including phenoxy) is 2. The second kappa shape index (κ2) is 10.3. The van der Waals surface area contributed by atoms with Crippen molar-refractivity contribution in [3.05, 3.63) is 53.6 Å². The van der Waals surface area contributed by atoms with Gasteiger partial charge < -0.3 is 14.8 Å². The van der Waals surface area contributed by atoms with Crippen LogP contribution in [-0.2, 0) is 14.8 Å². The van der Waals surface area contributed by atoms with E-state index in [1.165, 1.54) is 11.4 Å². The van der Waals surface area contributed by atoms with Crippen LogP contribution in [0.25, 0.3) is 0 Å². The molecule has 0 bridgehead atoms. The van der Waals surface area contributed by atoms with Crippen LogP contribution in [0, 0.1) is 13.8 Å². The summed E-state index contributed by atoms with van der Waals surface area (Å²) in [5, 5.41) is 2.83. The predicted octanol–water partition coefficient (Wildman–Crippen LogP) is 3.05. The van der Waals surface area contributed by atoms with Crippen molar-refractivity contribution in [3.63, 3.8) is 0 Å². The molecule has 0 fully saturated rings. The summed E-state index contributed by atoms with van der Waals surface area (Å²) >= 11 is 0. The van der Waals surface area contributed by atoms with E-state index >= 15 is 0 Å². The summed E-state index contributed by atoms with van der Waals surface area (Å²) in [5.41, 5.74) is 2.69. The average Bonchev–Trinajstić information content (AvgIpc) is 2.70. The molecule has 1 atom stereocenters. The Kier molecular flexibility index (Phi) is 8.11. The number of carbonyl (C=O) groups excluding carboxylic acids is 1. The van der Waals surface area contributed by atoms with E-state index in [2.05, 4.69) is 5.32 Å². The number of nitrogens with zero attached hydrogens (tertiary/aromatic N) is 1. The number of anilines is 1. The number of nitrogens with one attached hydrogen (secondary N) is 1. The lowest BCUT2D eigenvalue weighted by atomic mass is 10.1. The molecule has 0 saturated carbocycles. The van der Waals surface area contributed by atoms with Crippen molar-refractivity contribution in [1.29, 1.82) is 0 Å². The Bertz CT molecular complexity index is 958. The van der Waals surface area contributed by atoms with Crippen molar-refractivity contribution in [2.24, 2.45) is 0 Å². The Balaban J connectivity index is 1.86. The molecular weight excluding hydrogens is 404 g/mol. The zero-order chi connectivity index (χ0) is 22.3. The van der Waals surface area contributed by atoms with Crippen molar-refractivity contribution < 1.29 is 22.7 Å². The van der Waals surface area contributed by atoms with Crippen LogP contribution >= 0.6 is 0 Å². The maximum Gasteiger partial charge on any atom is 0.261 e. The molecule has 1 amide bonds. The molecule has 2 aromatic rings. The van der Waals surface area contributed by atoms with Crippen LogP contribution in [0.15, 0.2) is 42.5 Å². The standard InChI is InChI=1S/C22H30N2O5S/c1-6-20(29-19-11-9-18(10-12-19)24(4)30(5,26)27)22(25)23-13-14-28-21-15-16(2)7-8-17(21)3/h7-12,15,20H,6,13-14H2,1-5H3,(H,23,25)/t20-/m0/s1. The second-order valence-electron chi connectivity index (χ2n) is 7.15. The van der Waals surface area contributed by atoms with Crippen molar-refractivity contribution in [3.8, 4) is 11.5 Å². The molecule has 1 N–H and O–H groups in total. The third-order valence-corrected chi connectivity index (χ3v) is 5.85. The van der Waals surface area contributed by atoms with Gasteiger partial charge >= 0.3 is 0 Å². The van der Waals surface area contributed by atoms with Crippen molar-refractivity contribution in [2.75, 3.05) is 30.8 Å². The summed E-state index contributed by atoms with van der Waals surface area (Å²) < 4.78 is 35.9. The van der Waals surface area contributed by atoms with Crippen LogP contribution in [0.2, 0.25) is 0 Å². The molecule has 164 valence electrons. The van der Waals surface area contributed by atoms with Crippen LogP contribution in [0.1, 0.15) is 24.5 Å². The molecule has 8 heteroatoms. The third-order valence-electron chi connectivity index (χ3n) is 4.64. The Morgan fingerprint density at radius 2 is 1.80 bits per heavy atom. The van der Waals surface area contributed by atoms with Crippen molar-refractivity contribution in [2.45, 2.75) is 33.3 Å². The van der Waals surface area contributed by atoms with Gasteiger partial charge in [0.2, 0.25) is 10.0 Å². The zero-order valence-electron chi connectivity index (χ0n) is 18.1. The molecule has 0 saturated heterocycles. The van der Waals surface area contributed by atoms with Gasteiger partial charge in [0.1, 0.15) is 18.1 Å². The maximum absolute atomic E-state index is 12.4. The lowest BCUT2D eigenvalue weighted by Crippen LogP contribution is -2.39. The summed E-state index contributed by atoms with van der Waals surface area (Å²) in [6, 6.07) is 12.6. The number of aryl methyl sites for hydroxylation is 2. The van der Waals surface area contributed by atoms with Gasteiger partial charge in [-0.1, -0.05) is 19.1 Å². The van der Waals surface area contributed by atoms with Crippen molar-refractivity contribution in [1.82, 2.24) is 5.32 Å². The molecule has 0 aliphatic rings. The normalized spacial score (nSPS) is 12.2. The smallest absolute Gasteiger partial charge is 0.261 e. The van der Waals surface area contributed by atoms with Gasteiger partial charge in [0.05, 0.1) is 18.5 Å². The second-order valence-corrected chi connectivity index (χ2v) is 9.16. The van der Waals surface area contributed by atoms with Gasteiger partial charge in [-0.25, -0.2) is 8.42 Å². The average molecular weight is 435 g/mol. The SMILES string of the molecule is CC[C@H](Oc1ccc(N(C)S(C)(=O)=O)cc1)C(=O)NCCOc1cc(C)ccc1C. The quantitative estimate of drug-likeness (QED) is 0.581. The minimum absolute atomic E-state index is 0.223. The number of amides is 1. The molecular formula is C22H30N2O5S. The molecule has 0 aliphatic carbocycles. The molecule has 0 heterocycles. The fourth-order valence-electron chi connectivity index (χ4n) is 2.72. The molecule has 2 rings (SSSR count). The summed E-state index contributed by atoms with van der Waals surface area (Å²) in [7, 11) is -1.85. The first kappa shape index (κ1) is 23.5. The highest BCUT2D eigenvalue weighted by Gasteiger charge is 2.18. The summed E-state index contributed by atoms with van der Waals surface area (Å²) in [6.45, 7) is 6.57. The van der Waals surface area contributed by atoms with Crippen LogP contribution in [0.4, 0.5) is 5.69 Å². The van der Waals surface area contributed by atoms with E-state index in [-0.39, 0.29) is 5.91 Å². The van der Waals surface area contributed by atoms with Gasteiger partial charge in [-0.05, 0) is 61.7 Å². The predicted molar refractivity (Wildman–Crippen MR) is 119 cm³/mol. The van der Waals surface area contributed by atoms with E-state index < -0.39 is 16.1 Å². The van der Waals surface area contributed by atoms with E-state index in [9.17, 15) is 13.2 Å². The number of hydrogen-bond donors (Lipinski definition) is 1. The molecule has 0 aromatic heterocycles. The number of carbonyl (C=O) groups is 1. The minimum atomic E-state index is -3.33. The lowest BCUT2D eigenvalue weighted by molar-refractivity contribution is -0.128. The van der Waals surface area contributed by atoms with E-state index in [0.29, 0.717) is 31.0 Å². The number of rotatable bonds is 10. The van der Waals surface area contributed by atoms with E-state index in [1.54, 1.807) is 24.3 Å². The van der Waals surface area contributed by atoms with Gasteiger partial charge in [0.15, 0.2) is 6.10 Å². The summed E-state index contributed by atoms with van der Waals surface area (Å²) in [6.07, 6.45) is 0.984. The summed E-state index contributed by atoms with van der Waals surface area (Å²) in [4.78, 5) is 12.4. The number of hydrogen-bond acceptors (Lipinski definition) is 5. The van der Waals surface area contributed by atoms with Gasteiger partial charge in [-0.3, -0.25) is 9.10 Å². The van der Waals surface area contributed by atoms with Gasteiger partial charge in [0, 0.05) is 7.05 Å². The summed E-state index contributed by atoms with van der Waals surface area (Å²) in [5.74, 6) is 1.08. The van der Waals surface area contributed by atoms with Crippen LogP contribution in [0.3, 0.4) is 0 Å². The molecule has 2 aromatic carbocycles. The van der Waals surface area contributed by atoms with E-state index in [4.69, 9.17) is 9.47 Å². The minimum Gasteiger partial charge on any atom is -0.491 e. The zero-order valence-corrected chi connectivity index (χ0v) is 19.0. The Morgan fingerprint density at radius 3 is 2.40 bits per heavy atom. The highest BCUT2D eigenvalue weighted by atomic mass is 32.2. The van der Waals surface area contributed by atoms with Crippen LogP contribution < -0.4 is 19.1 Å².